The summed E-state index contributed by atoms with van der Waals surface area (Å²) in [5, 5.41) is 14.5. The van der Waals surface area contributed by atoms with Crippen molar-refractivity contribution in [2.24, 2.45) is 0 Å². The second kappa shape index (κ2) is 8.58. The lowest BCUT2D eigenvalue weighted by Crippen LogP contribution is -2.46. The highest BCUT2D eigenvalue weighted by molar-refractivity contribution is 5.54. The van der Waals surface area contributed by atoms with Crippen LogP contribution in [0.1, 0.15) is 41.1 Å². The van der Waals surface area contributed by atoms with E-state index in [1.54, 1.807) is 0 Å². The van der Waals surface area contributed by atoms with Crippen LogP contribution in [0, 0.1) is 20.8 Å². The molecule has 2 aromatic carbocycles. The fraction of sp³-hybridized carbons (Fsp3) is 0.417. The molecule has 0 aliphatic carbocycles. The maximum absolute atomic E-state index is 10.3. The van der Waals surface area contributed by atoms with Crippen LogP contribution in [0.3, 0.4) is 0 Å². The van der Waals surface area contributed by atoms with Crippen LogP contribution in [0.5, 0.6) is 5.75 Å². The van der Waals surface area contributed by atoms with Crippen LogP contribution in [0.25, 0.3) is 11.4 Å². The number of phenolic OH excluding ortho intramolecular Hbond substituents is 1. The molecule has 1 atom stereocenters. The molecule has 1 saturated heterocycles. The number of aromatic hydroxyl groups is 1. The van der Waals surface area contributed by atoms with Gasteiger partial charge in [0.2, 0.25) is 11.7 Å². The number of piperazine rings is 1. The Morgan fingerprint density at radius 2 is 1.67 bits per heavy atom. The van der Waals surface area contributed by atoms with Gasteiger partial charge in [0.25, 0.3) is 0 Å². The topological polar surface area (TPSA) is 65.6 Å². The average molecular weight is 407 g/mol. The van der Waals surface area contributed by atoms with E-state index in [0.29, 0.717) is 17.5 Å². The van der Waals surface area contributed by atoms with Gasteiger partial charge in [-0.2, -0.15) is 4.98 Å². The van der Waals surface area contributed by atoms with Gasteiger partial charge in [-0.3, -0.25) is 9.80 Å². The Hall–Kier alpha value is -2.70. The quantitative estimate of drug-likeness (QED) is 0.683. The molecule has 0 spiro atoms. The van der Waals surface area contributed by atoms with Gasteiger partial charge in [0, 0.05) is 43.9 Å². The molecule has 0 amide bonds. The van der Waals surface area contributed by atoms with Crippen molar-refractivity contribution in [1.29, 1.82) is 0 Å². The number of phenols is 1. The maximum Gasteiger partial charge on any atom is 0.244 e. The molecule has 6 heteroatoms. The van der Waals surface area contributed by atoms with Crippen molar-refractivity contribution in [1.82, 2.24) is 19.9 Å². The fourth-order valence-electron chi connectivity index (χ4n) is 3.92. The van der Waals surface area contributed by atoms with Crippen LogP contribution in [-0.2, 0) is 6.54 Å². The molecule has 6 nitrogen and oxygen atoms in total. The third-order valence-corrected chi connectivity index (χ3v) is 6.15. The van der Waals surface area contributed by atoms with Gasteiger partial charge in [-0.1, -0.05) is 41.1 Å². The molecule has 1 fully saturated rings. The third kappa shape index (κ3) is 4.40. The second-order valence-corrected chi connectivity index (χ2v) is 8.38. The molecule has 3 aromatic rings. The number of rotatable bonds is 5. The Labute approximate surface area is 178 Å². The standard InChI is InChI=1S/C24H30N4O2/c1-16-5-7-20(8-6-16)23-25-24(30-26-23)19(4)28-11-9-27(10-12-28)15-21-13-17(2)18(3)14-22(21)29/h5-8,13-14,19,29H,9-12,15H2,1-4H3/t19-/m0/s1. The number of hydrogen-bond donors (Lipinski definition) is 1. The van der Waals surface area contributed by atoms with Gasteiger partial charge < -0.3 is 9.63 Å². The van der Waals surface area contributed by atoms with Crippen LogP contribution in [0.2, 0.25) is 0 Å². The Balaban J connectivity index is 1.36. The van der Waals surface area contributed by atoms with Crippen LogP contribution >= 0.6 is 0 Å². The molecular formula is C24H30N4O2. The van der Waals surface area contributed by atoms with E-state index in [-0.39, 0.29) is 6.04 Å². The highest BCUT2D eigenvalue weighted by Gasteiger charge is 2.26. The van der Waals surface area contributed by atoms with Crippen LogP contribution in [-0.4, -0.2) is 51.2 Å². The van der Waals surface area contributed by atoms with Crippen molar-refractivity contribution in [2.45, 2.75) is 40.3 Å². The first-order valence-electron chi connectivity index (χ1n) is 10.6. The van der Waals surface area contributed by atoms with E-state index in [4.69, 9.17) is 4.52 Å². The van der Waals surface area contributed by atoms with E-state index in [1.807, 2.05) is 25.1 Å². The molecule has 0 saturated carbocycles. The Morgan fingerprint density at radius 3 is 2.37 bits per heavy atom. The number of benzene rings is 2. The summed E-state index contributed by atoms with van der Waals surface area (Å²) in [4.78, 5) is 9.40. The van der Waals surface area contributed by atoms with Crippen molar-refractivity contribution in [3.05, 3.63) is 64.5 Å². The molecular weight excluding hydrogens is 376 g/mol. The average Bonchev–Trinajstić information content (AvgIpc) is 3.23. The van der Waals surface area contributed by atoms with E-state index < -0.39 is 0 Å². The van der Waals surface area contributed by atoms with Crippen molar-refractivity contribution < 1.29 is 9.63 Å². The summed E-state index contributed by atoms with van der Waals surface area (Å²) in [6.07, 6.45) is 0. The Morgan fingerprint density at radius 1 is 1.00 bits per heavy atom. The number of aromatic nitrogens is 2. The minimum Gasteiger partial charge on any atom is -0.508 e. The molecule has 0 unspecified atom stereocenters. The molecule has 0 bridgehead atoms. The first kappa shape index (κ1) is 20.6. The van der Waals surface area contributed by atoms with Gasteiger partial charge >= 0.3 is 0 Å². The van der Waals surface area contributed by atoms with Gasteiger partial charge in [0.05, 0.1) is 6.04 Å². The van der Waals surface area contributed by atoms with Gasteiger partial charge in [-0.25, -0.2) is 0 Å². The number of hydrogen-bond acceptors (Lipinski definition) is 6. The monoisotopic (exact) mass is 406 g/mol. The largest absolute Gasteiger partial charge is 0.508 e. The van der Waals surface area contributed by atoms with E-state index in [1.165, 1.54) is 11.1 Å². The molecule has 158 valence electrons. The van der Waals surface area contributed by atoms with Crippen molar-refractivity contribution in [2.75, 3.05) is 26.2 Å². The molecule has 2 heterocycles. The minimum absolute atomic E-state index is 0.0777. The number of nitrogens with zero attached hydrogens (tertiary/aromatic N) is 4. The van der Waals surface area contributed by atoms with Crippen molar-refractivity contribution >= 4 is 0 Å². The second-order valence-electron chi connectivity index (χ2n) is 8.38. The minimum atomic E-state index is 0.0777. The van der Waals surface area contributed by atoms with Crippen molar-refractivity contribution in [3.63, 3.8) is 0 Å². The van der Waals surface area contributed by atoms with Gasteiger partial charge in [0.15, 0.2) is 0 Å². The van der Waals surface area contributed by atoms with Gasteiger partial charge in [-0.05, 0) is 44.9 Å². The summed E-state index contributed by atoms with van der Waals surface area (Å²) >= 11 is 0. The lowest BCUT2D eigenvalue weighted by molar-refractivity contribution is 0.0841. The molecule has 1 aliphatic heterocycles. The molecule has 1 aromatic heterocycles. The van der Waals surface area contributed by atoms with E-state index in [0.717, 1.165) is 49.4 Å². The normalized spacial score (nSPS) is 16.7. The molecule has 1 aliphatic rings. The summed E-state index contributed by atoms with van der Waals surface area (Å²) in [6.45, 7) is 12.8. The third-order valence-electron chi connectivity index (χ3n) is 6.15. The highest BCUT2D eigenvalue weighted by Crippen LogP contribution is 2.26. The fourth-order valence-corrected chi connectivity index (χ4v) is 3.92. The summed E-state index contributed by atoms with van der Waals surface area (Å²) in [6, 6.07) is 12.2. The van der Waals surface area contributed by atoms with E-state index in [2.05, 4.69) is 58.9 Å². The van der Waals surface area contributed by atoms with Crippen LogP contribution in [0.15, 0.2) is 40.9 Å². The van der Waals surface area contributed by atoms with E-state index in [9.17, 15) is 5.11 Å². The summed E-state index contributed by atoms with van der Waals surface area (Å²) in [5.74, 6) is 1.69. The van der Waals surface area contributed by atoms with Crippen LogP contribution in [0.4, 0.5) is 0 Å². The maximum atomic E-state index is 10.3. The highest BCUT2D eigenvalue weighted by atomic mass is 16.5. The van der Waals surface area contributed by atoms with E-state index >= 15 is 0 Å². The molecule has 0 radical (unpaired) electrons. The SMILES string of the molecule is Cc1ccc(-c2noc([C@H](C)N3CCN(Cc4cc(C)c(C)cc4O)CC3)n2)cc1. The predicted molar refractivity (Wildman–Crippen MR) is 117 cm³/mol. The zero-order chi connectivity index (χ0) is 21.3. The lowest BCUT2D eigenvalue weighted by atomic mass is 10.0. The Bertz CT molecular complexity index is 1000. The first-order chi connectivity index (χ1) is 14.4. The van der Waals surface area contributed by atoms with Crippen molar-refractivity contribution in [3.8, 4) is 17.1 Å². The first-order valence-corrected chi connectivity index (χ1v) is 10.6. The zero-order valence-corrected chi connectivity index (χ0v) is 18.2. The van der Waals surface area contributed by atoms with Crippen LogP contribution < -0.4 is 0 Å². The summed E-state index contributed by atoms with van der Waals surface area (Å²) in [5.41, 5.74) is 5.53. The van der Waals surface area contributed by atoms with Gasteiger partial charge in [-0.15, -0.1) is 0 Å². The summed E-state index contributed by atoms with van der Waals surface area (Å²) < 4.78 is 5.58. The summed E-state index contributed by atoms with van der Waals surface area (Å²) in [7, 11) is 0. The molecule has 1 N–H and O–H groups in total. The number of aryl methyl sites for hydroxylation is 3. The molecule has 30 heavy (non-hydrogen) atoms. The smallest absolute Gasteiger partial charge is 0.244 e. The predicted octanol–water partition coefficient (Wildman–Crippen LogP) is 4.25. The lowest BCUT2D eigenvalue weighted by Gasteiger charge is -2.36. The zero-order valence-electron chi connectivity index (χ0n) is 18.2. The van der Waals surface area contributed by atoms with Gasteiger partial charge in [0.1, 0.15) is 5.75 Å². The molecule has 4 rings (SSSR count). The Kier molecular flexibility index (Phi) is 5.88.